The van der Waals surface area contributed by atoms with Crippen LogP contribution in [0.4, 0.5) is 0 Å². The van der Waals surface area contributed by atoms with E-state index >= 15 is 0 Å². The molecule has 0 aromatic heterocycles. The van der Waals surface area contributed by atoms with Crippen LogP contribution in [0.2, 0.25) is 0 Å². The minimum absolute atomic E-state index is 0.497. The summed E-state index contributed by atoms with van der Waals surface area (Å²) in [6.45, 7) is 1.00. The average Bonchev–Trinajstić information content (AvgIpc) is 2.69. The maximum absolute atomic E-state index is 6.80. The topological polar surface area (TPSA) is 35.2 Å². The number of ether oxygens (including phenoxy) is 1. The van der Waals surface area contributed by atoms with Gasteiger partial charge in [0, 0.05) is 12.1 Å². The van der Waals surface area contributed by atoms with Gasteiger partial charge in [0.05, 0.1) is 5.03 Å². The van der Waals surface area contributed by atoms with E-state index in [1.807, 2.05) is 72.8 Å². The van der Waals surface area contributed by atoms with Gasteiger partial charge in [0.15, 0.2) is 0 Å². The van der Waals surface area contributed by atoms with Crippen molar-refractivity contribution in [2.45, 2.75) is 0 Å². The third-order valence-corrected chi connectivity index (χ3v) is 4.25. The predicted molar refractivity (Wildman–Crippen MR) is 106 cm³/mol. The molecule has 0 bridgehead atoms. The highest BCUT2D eigenvalue weighted by Gasteiger charge is 2.12. The Hall–Kier alpha value is -2.55. The zero-order chi connectivity index (χ0) is 17.5. The minimum atomic E-state index is 0.497. The lowest BCUT2D eigenvalue weighted by atomic mass is 9.95. The number of hydrogen-bond donors (Lipinski definition) is 1. The lowest BCUT2D eigenvalue weighted by Crippen LogP contribution is -2.10. The van der Waals surface area contributed by atoms with Crippen molar-refractivity contribution in [3.05, 3.63) is 102 Å². The molecular weight excluding hydrogens is 330 g/mol. The lowest BCUT2D eigenvalue weighted by molar-refractivity contribution is 0.328. The monoisotopic (exact) mass is 349 g/mol. The van der Waals surface area contributed by atoms with Crippen LogP contribution in [0.1, 0.15) is 16.7 Å². The van der Waals surface area contributed by atoms with Crippen molar-refractivity contribution in [3.8, 4) is 5.75 Å². The molecule has 0 saturated heterocycles. The zero-order valence-electron chi connectivity index (χ0n) is 13.9. The Bertz CT molecular complexity index is 827. The smallest absolute Gasteiger partial charge is 0.119 e. The fraction of sp³-hybridized carbons (Fsp3) is 0.0909. The van der Waals surface area contributed by atoms with Crippen molar-refractivity contribution in [1.29, 1.82) is 0 Å². The van der Waals surface area contributed by atoms with Crippen LogP contribution in [0.3, 0.4) is 0 Å². The summed E-state index contributed by atoms with van der Waals surface area (Å²) in [5.41, 5.74) is 9.59. The van der Waals surface area contributed by atoms with Gasteiger partial charge in [-0.05, 0) is 28.8 Å². The summed E-state index contributed by atoms with van der Waals surface area (Å²) >= 11 is 6.80. The van der Waals surface area contributed by atoms with Crippen LogP contribution >= 0.6 is 11.6 Å². The van der Waals surface area contributed by atoms with Crippen molar-refractivity contribution in [2.75, 3.05) is 13.2 Å². The van der Waals surface area contributed by atoms with E-state index in [1.165, 1.54) is 0 Å². The number of hydrogen-bond acceptors (Lipinski definition) is 2. The molecule has 0 aliphatic rings. The maximum Gasteiger partial charge on any atom is 0.119 e. The van der Waals surface area contributed by atoms with Crippen LogP contribution in [-0.4, -0.2) is 13.2 Å². The lowest BCUT2D eigenvalue weighted by Gasteiger charge is -2.13. The van der Waals surface area contributed by atoms with Crippen LogP contribution in [-0.2, 0) is 0 Å². The highest BCUT2D eigenvalue weighted by molar-refractivity contribution is 6.53. The third-order valence-electron chi connectivity index (χ3n) is 3.84. The van der Waals surface area contributed by atoms with Crippen LogP contribution in [0.15, 0.2) is 84.9 Å². The van der Waals surface area contributed by atoms with E-state index in [4.69, 9.17) is 22.1 Å². The van der Waals surface area contributed by atoms with E-state index in [9.17, 15) is 0 Å². The summed E-state index contributed by atoms with van der Waals surface area (Å²) in [4.78, 5) is 0. The first-order chi connectivity index (χ1) is 12.3. The zero-order valence-corrected chi connectivity index (χ0v) is 14.6. The van der Waals surface area contributed by atoms with Gasteiger partial charge in [-0.1, -0.05) is 84.4 Å². The SMILES string of the molecule is NCCOc1ccc(/C(=C(/Cl)c2ccccc2)c2ccccc2)cc1. The molecule has 0 amide bonds. The first-order valence-corrected chi connectivity index (χ1v) is 8.61. The summed E-state index contributed by atoms with van der Waals surface area (Å²) in [5.74, 6) is 0.803. The van der Waals surface area contributed by atoms with E-state index in [0.717, 1.165) is 33.0 Å². The molecule has 3 heteroatoms. The molecule has 0 spiro atoms. The van der Waals surface area contributed by atoms with Gasteiger partial charge in [-0.15, -0.1) is 0 Å². The van der Waals surface area contributed by atoms with Crippen molar-refractivity contribution in [3.63, 3.8) is 0 Å². The molecule has 25 heavy (non-hydrogen) atoms. The Morgan fingerprint density at radius 3 is 1.80 bits per heavy atom. The van der Waals surface area contributed by atoms with Crippen LogP contribution in [0.5, 0.6) is 5.75 Å². The normalized spacial score (nSPS) is 11.8. The maximum atomic E-state index is 6.80. The molecule has 0 unspecified atom stereocenters. The minimum Gasteiger partial charge on any atom is -0.492 e. The summed E-state index contributed by atoms with van der Waals surface area (Å²) in [7, 11) is 0. The fourth-order valence-electron chi connectivity index (χ4n) is 2.65. The second-order valence-corrected chi connectivity index (χ2v) is 5.96. The van der Waals surface area contributed by atoms with Crippen molar-refractivity contribution in [1.82, 2.24) is 0 Å². The molecule has 3 aromatic rings. The molecular formula is C22H20ClNO. The third kappa shape index (κ3) is 4.30. The molecule has 0 atom stereocenters. The molecule has 2 nitrogen and oxygen atoms in total. The highest BCUT2D eigenvalue weighted by Crippen LogP contribution is 2.35. The van der Waals surface area contributed by atoms with Gasteiger partial charge >= 0.3 is 0 Å². The van der Waals surface area contributed by atoms with E-state index in [0.29, 0.717) is 13.2 Å². The predicted octanol–water partition coefficient (Wildman–Crippen LogP) is 5.18. The second kappa shape index (κ2) is 8.52. The van der Waals surface area contributed by atoms with E-state index < -0.39 is 0 Å². The van der Waals surface area contributed by atoms with E-state index in [2.05, 4.69) is 12.1 Å². The largest absolute Gasteiger partial charge is 0.492 e. The van der Waals surface area contributed by atoms with Crippen LogP contribution in [0.25, 0.3) is 10.6 Å². The molecule has 3 rings (SSSR count). The van der Waals surface area contributed by atoms with Crippen molar-refractivity contribution < 1.29 is 4.74 Å². The highest BCUT2D eigenvalue weighted by atomic mass is 35.5. The van der Waals surface area contributed by atoms with E-state index in [1.54, 1.807) is 0 Å². The number of benzene rings is 3. The Kier molecular flexibility index (Phi) is 5.89. The van der Waals surface area contributed by atoms with Crippen molar-refractivity contribution >= 4 is 22.2 Å². The molecule has 0 aliphatic heterocycles. The Labute approximate surface area is 153 Å². The standard InChI is InChI=1S/C22H20ClNO/c23-22(19-9-5-2-6-10-19)21(17-7-3-1-4-8-17)18-11-13-20(14-12-18)25-16-15-24/h1-14H,15-16,24H2/b22-21+. The summed E-state index contributed by atoms with van der Waals surface area (Å²) in [6, 6.07) is 28.1. The Balaban J connectivity index is 2.06. The molecule has 0 fully saturated rings. The quantitative estimate of drug-likeness (QED) is 0.622. The molecule has 0 heterocycles. The molecule has 3 aromatic carbocycles. The molecule has 0 radical (unpaired) electrons. The molecule has 0 aliphatic carbocycles. The Morgan fingerprint density at radius 2 is 1.24 bits per heavy atom. The van der Waals surface area contributed by atoms with Gasteiger partial charge in [-0.2, -0.15) is 0 Å². The van der Waals surface area contributed by atoms with Gasteiger partial charge < -0.3 is 10.5 Å². The average molecular weight is 350 g/mol. The number of halogens is 1. The number of rotatable bonds is 6. The second-order valence-electron chi connectivity index (χ2n) is 5.58. The van der Waals surface area contributed by atoms with E-state index in [-0.39, 0.29) is 0 Å². The van der Waals surface area contributed by atoms with Gasteiger partial charge in [0.1, 0.15) is 12.4 Å². The summed E-state index contributed by atoms with van der Waals surface area (Å²) in [5, 5.41) is 0.724. The Morgan fingerprint density at radius 1 is 0.720 bits per heavy atom. The fourth-order valence-corrected chi connectivity index (χ4v) is 2.99. The van der Waals surface area contributed by atoms with Gasteiger partial charge in [-0.25, -0.2) is 0 Å². The summed E-state index contributed by atoms with van der Waals surface area (Å²) < 4.78 is 5.57. The first-order valence-electron chi connectivity index (χ1n) is 8.23. The van der Waals surface area contributed by atoms with Crippen molar-refractivity contribution in [2.24, 2.45) is 5.73 Å². The van der Waals surface area contributed by atoms with Gasteiger partial charge in [-0.3, -0.25) is 0 Å². The number of nitrogens with two attached hydrogens (primary N) is 1. The first kappa shape index (κ1) is 17.3. The molecule has 126 valence electrons. The molecule has 0 saturated carbocycles. The van der Waals surface area contributed by atoms with Crippen LogP contribution in [0, 0.1) is 0 Å². The van der Waals surface area contributed by atoms with Crippen LogP contribution < -0.4 is 10.5 Å². The molecule has 2 N–H and O–H groups in total. The van der Waals surface area contributed by atoms with Gasteiger partial charge in [0.25, 0.3) is 0 Å². The van der Waals surface area contributed by atoms with Gasteiger partial charge in [0.2, 0.25) is 0 Å². The summed E-state index contributed by atoms with van der Waals surface area (Å²) in [6.07, 6.45) is 0.